The lowest BCUT2D eigenvalue weighted by Gasteiger charge is -2.19. The SMILES string of the molecule is CCC1CCc2c(sc(N)c2C(N)=O)C1=O. The molecule has 1 heterocycles. The molecule has 4 N–H and O–H groups in total. The minimum atomic E-state index is -0.530. The number of fused-ring (bicyclic) bond motifs is 1. The molecule has 16 heavy (non-hydrogen) atoms. The van der Waals surface area contributed by atoms with Gasteiger partial charge in [-0.2, -0.15) is 0 Å². The summed E-state index contributed by atoms with van der Waals surface area (Å²) in [7, 11) is 0. The fourth-order valence-electron chi connectivity index (χ4n) is 2.22. The molecule has 1 amide bonds. The van der Waals surface area contributed by atoms with Gasteiger partial charge in [0.2, 0.25) is 0 Å². The Hall–Kier alpha value is -1.36. The van der Waals surface area contributed by atoms with E-state index >= 15 is 0 Å². The van der Waals surface area contributed by atoms with Crippen molar-refractivity contribution < 1.29 is 9.59 Å². The maximum absolute atomic E-state index is 12.0. The van der Waals surface area contributed by atoms with E-state index in [-0.39, 0.29) is 11.7 Å². The number of primary amides is 1. The Labute approximate surface area is 97.6 Å². The van der Waals surface area contributed by atoms with Crippen LogP contribution in [-0.2, 0) is 6.42 Å². The van der Waals surface area contributed by atoms with Crippen molar-refractivity contribution in [1.82, 2.24) is 0 Å². The third kappa shape index (κ3) is 1.51. The van der Waals surface area contributed by atoms with E-state index in [1.54, 1.807) is 0 Å². The Morgan fingerprint density at radius 2 is 2.25 bits per heavy atom. The molecule has 1 atom stereocenters. The van der Waals surface area contributed by atoms with Crippen molar-refractivity contribution in [2.24, 2.45) is 11.7 Å². The van der Waals surface area contributed by atoms with Gasteiger partial charge in [0.05, 0.1) is 15.4 Å². The number of carbonyl (C=O) groups excluding carboxylic acids is 2. The summed E-state index contributed by atoms with van der Waals surface area (Å²) in [6.07, 6.45) is 2.35. The second kappa shape index (κ2) is 3.90. The predicted octanol–water partition coefficient (Wildman–Crippen LogP) is 1.58. The minimum Gasteiger partial charge on any atom is -0.390 e. The monoisotopic (exact) mass is 238 g/mol. The molecule has 0 bridgehead atoms. The van der Waals surface area contributed by atoms with E-state index in [9.17, 15) is 9.59 Å². The second-order valence-corrected chi connectivity index (χ2v) is 5.07. The topological polar surface area (TPSA) is 86.2 Å². The molecule has 0 saturated carbocycles. The minimum absolute atomic E-state index is 0.0753. The van der Waals surface area contributed by atoms with Crippen LogP contribution in [0.5, 0.6) is 0 Å². The highest BCUT2D eigenvalue weighted by Gasteiger charge is 2.32. The molecular weight excluding hydrogens is 224 g/mol. The fourth-order valence-corrected chi connectivity index (χ4v) is 3.36. The molecular formula is C11H14N2O2S. The summed E-state index contributed by atoms with van der Waals surface area (Å²) in [6, 6.07) is 0. The molecule has 0 radical (unpaired) electrons. The smallest absolute Gasteiger partial charge is 0.251 e. The normalized spacial score (nSPS) is 19.6. The molecule has 4 nitrogen and oxygen atoms in total. The summed E-state index contributed by atoms with van der Waals surface area (Å²) in [5.41, 5.74) is 12.1. The largest absolute Gasteiger partial charge is 0.390 e. The maximum Gasteiger partial charge on any atom is 0.251 e. The van der Waals surface area contributed by atoms with Crippen LogP contribution in [0.4, 0.5) is 5.00 Å². The van der Waals surface area contributed by atoms with Gasteiger partial charge in [0.25, 0.3) is 5.91 Å². The highest BCUT2D eigenvalue weighted by atomic mass is 32.1. The molecule has 86 valence electrons. The van der Waals surface area contributed by atoms with Crippen molar-refractivity contribution in [3.05, 3.63) is 16.0 Å². The molecule has 1 aromatic heterocycles. The molecule has 0 saturated heterocycles. The first-order valence-corrected chi connectivity index (χ1v) is 6.13. The third-order valence-electron chi connectivity index (χ3n) is 3.11. The third-order valence-corrected chi connectivity index (χ3v) is 4.19. The molecule has 2 rings (SSSR count). The van der Waals surface area contributed by atoms with E-state index in [0.29, 0.717) is 15.4 Å². The zero-order valence-corrected chi connectivity index (χ0v) is 9.89. The number of hydrogen-bond acceptors (Lipinski definition) is 4. The average molecular weight is 238 g/mol. The van der Waals surface area contributed by atoms with E-state index in [1.165, 1.54) is 11.3 Å². The predicted molar refractivity (Wildman–Crippen MR) is 63.7 cm³/mol. The molecule has 0 spiro atoms. The Balaban J connectivity index is 2.52. The van der Waals surface area contributed by atoms with Crippen LogP contribution in [0.1, 0.15) is 45.4 Å². The second-order valence-electron chi connectivity index (χ2n) is 4.02. The molecule has 1 aliphatic rings. The van der Waals surface area contributed by atoms with E-state index in [2.05, 4.69) is 0 Å². The zero-order valence-electron chi connectivity index (χ0n) is 9.08. The first-order chi connectivity index (χ1) is 7.56. The van der Waals surface area contributed by atoms with Crippen LogP contribution in [0, 0.1) is 5.92 Å². The molecule has 0 aliphatic heterocycles. The summed E-state index contributed by atoms with van der Waals surface area (Å²) >= 11 is 1.20. The lowest BCUT2D eigenvalue weighted by molar-refractivity contribution is 0.0903. The number of amides is 1. The lowest BCUT2D eigenvalue weighted by atomic mass is 9.84. The van der Waals surface area contributed by atoms with E-state index in [4.69, 9.17) is 11.5 Å². The molecule has 5 heteroatoms. The van der Waals surface area contributed by atoms with Crippen molar-refractivity contribution in [3.8, 4) is 0 Å². The van der Waals surface area contributed by atoms with Crippen molar-refractivity contribution in [2.45, 2.75) is 26.2 Å². The van der Waals surface area contributed by atoms with Gasteiger partial charge in [-0.15, -0.1) is 11.3 Å². The molecule has 0 aromatic carbocycles. The van der Waals surface area contributed by atoms with Crippen molar-refractivity contribution in [2.75, 3.05) is 5.73 Å². The number of nitrogen functional groups attached to an aromatic ring is 1. The summed E-state index contributed by atoms with van der Waals surface area (Å²) < 4.78 is 0. The van der Waals surface area contributed by atoms with Crippen LogP contribution in [0.25, 0.3) is 0 Å². The van der Waals surface area contributed by atoms with Crippen LogP contribution >= 0.6 is 11.3 Å². The standard InChI is InChI=1S/C11H14N2O2S/c1-2-5-3-4-6-7(10(12)15)11(13)16-9(6)8(5)14/h5H,2-4,13H2,1H3,(H2,12,15). The van der Waals surface area contributed by atoms with Crippen molar-refractivity contribution >= 4 is 28.0 Å². The fraction of sp³-hybridized carbons (Fsp3) is 0.455. The van der Waals surface area contributed by atoms with Crippen molar-refractivity contribution in [1.29, 1.82) is 0 Å². The number of hydrogen-bond donors (Lipinski definition) is 2. The van der Waals surface area contributed by atoms with Crippen LogP contribution < -0.4 is 11.5 Å². The number of thiophene rings is 1. The number of Topliss-reactive ketones (excluding diaryl/α,β-unsaturated/α-hetero) is 1. The molecule has 1 aromatic rings. The number of carbonyl (C=O) groups is 2. The van der Waals surface area contributed by atoms with Crippen LogP contribution in [-0.4, -0.2) is 11.7 Å². The highest BCUT2D eigenvalue weighted by molar-refractivity contribution is 7.18. The Morgan fingerprint density at radius 1 is 1.56 bits per heavy atom. The van der Waals surface area contributed by atoms with Crippen molar-refractivity contribution in [3.63, 3.8) is 0 Å². The Bertz CT molecular complexity index is 465. The van der Waals surface area contributed by atoms with E-state index in [0.717, 1.165) is 24.8 Å². The zero-order chi connectivity index (χ0) is 11.9. The molecule has 1 aliphatic carbocycles. The van der Waals surface area contributed by atoms with Gasteiger partial charge in [0, 0.05) is 5.92 Å². The summed E-state index contributed by atoms with van der Waals surface area (Å²) in [5.74, 6) is -0.336. The molecule has 1 unspecified atom stereocenters. The van der Waals surface area contributed by atoms with Gasteiger partial charge < -0.3 is 11.5 Å². The van der Waals surface area contributed by atoms with Gasteiger partial charge in [0.1, 0.15) is 0 Å². The van der Waals surface area contributed by atoms with Gasteiger partial charge >= 0.3 is 0 Å². The average Bonchev–Trinajstić information content (AvgIpc) is 2.56. The summed E-state index contributed by atoms with van der Waals surface area (Å²) in [6.45, 7) is 2.00. The number of nitrogens with two attached hydrogens (primary N) is 2. The van der Waals surface area contributed by atoms with Crippen LogP contribution in [0.2, 0.25) is 0 Å². The van der Waals surface area contributed by atoms with E-state index < -0.39 is 5.91 Å². The summed E-state index contributed by atoms with van der Waals surface area (Å²) in [4.78, 5) is 23.9. The first-order valence-electron chi connectivity index (χ1n) is 5.31. The number of rotatable bonds is 2. The highest BCUT2D eigenvalue weighted by Crippen LogP contribution is 2.38. The van der Waals surface area contributed by atoms with Gasteiger partial charge in [0.15, 0.2) is 5.78 Å². The first kappa shape index (κ1) is 11.1. The Morgan fingerprint density at radius 3 is 2.81 bits per heavy atom. The van der Waals surface area contributed by atoms with Gasteiger partial charge in [-0.05, 0) is 24.8 Å². The number of ketones is 1. The lowest BCUT2D eigenvalue weighted by Crippen LogP contribution is -2.22. The van der Waals surface area contributed by atoms with Gasteiger partial charge in [-0.1, -0.05) is 6.92 Å². The number of anilines is 1. The summed E-state index contributed by atoms with van der Waals surface area (Å²) in [5, 5.41) is 0.377. The van der Waals surface area contributed by atoms with Crippen LogP contribution in [0.15, 0.2) is 0 Å². The van der Waals surface area contributed by atoms with E-state index in [1.807, 2.05) is 6.92 Å². The van der Waals surface area contributed by atoms with Crippen LogP contribution in [0.3, 0.4) is 0 Å². The quantitative estimate of drug-likeness (QED) is 0.820. The Kier molecular flexibility index (Phi) is 2.71. The maximum atomic E-state index is 12.0. The van der Waals surface area contributed by atoms with Gasteiger partial charge in [-0.3, -0.25) is 9.59 Å². The van der Waals surface area contributed by atoms with Gasteiger partial charge in [-0.25, -0.2) is 0 Å². The molecule has 0 fully saturated rings.